The van der Waals surface area contributed by atoms with Crippen molar-refractivity contribution in [3.05, 3.63) is 77.1 Å². The quantitative estimate of drug-likeness (QED) is 0.356. The van der Waals surface area contributed by atoms with Gasteiger partial charge in [-0.15, -0.1) is 0 Å². The van der Waals surface area contributed by atoms with Crippen molar-refractivity contribution in [1.82, 2.24) is 29.4 Å². The predicted molar refractivity (Wildman–Crippen MR) is 141 cm³/mol. The number of amides is 1. The van der Waals surface area contributed by atoms with Crippen LogP contribution in [0.1, 0.15) is 59.4 Å². The molecule has 38 heavy (non-hydrogen) atoms. The van der Waals surface area contributed by atoms with Crippen LogP contribution >= 0.6 is 0 Å². The maximum atomic E-state index is 15.3. The molecule has 0 spiro atoms. The monoisotopic (exact) mass is 519 g/mol. The molecule has 0 aliphatic carbocycles. The number of rotatable bonds is 7. The third kappa shape index (κ3) is 5.07. The van der Waals surface area contributed by atoms with Gasteiger partial charge in [-0.25, -0.2) is 28.7 Å². The molecule has 5 rings (SSSR count). The molecule has 4 aromatic rings. The number of aryl methyl sites for hydroxylation is 1. The summed E-state index contributed by atoms with van der Waals surface area (Å²) in [6, 6.07) is 4.41. The number of hydrogen-bond acceptors (Lipinski definition) is 6. The Bertz CT molecular complexity index is 1440. The maximum absolute atomic E-state index is 15.3. The van der Waals surface area contributed by atoms with Gasteiger partial charge in [-0.1, -0.05) is 19.4 Å². The van der Waals surface area contributed by atoms with Crippen molar-refractivity contribution in [3.8, 4) is 0 Å². The normalized spacial score (nSPS) is 14.3. The molecule has 1 aliphatic heterocycles. The summed E-state index contributed by atoms with van der Waals surface area (Å²) in [5.41, 5.74) is 2.65. The van der Waals surface area contributed by atoms with Gasteiger partial charge in [-0.05, 0) is 42.5 Å². The zero-order valence-corrected chi connectivity index (χ0v) is 21.9. The lowest BCUT2D eigenvalue weighted by Gasteiger charge is -2.32. The van der Waals surface area contributed by atoms with Crippen LogP contribution in [0.2, 0.25) is 0 Å². The lowest BCUT2D eigenvalue weighted by Crippen LogP contribution is -2.35. The molecule has 10 heteroatoms. The minimum Gasteiger partial charge on any atom is -0.345 e. The van der Waals surface area contributed by atoms with Crippen LogP contribution in [0.15, 0.2) is 43.1 Å². The Kier molecular flexibility index (Phi) is 7.31. The van der Waals surface area contributed by atoms with E-state index >= 15 is 4.39 Å². The number of fused-ring (bicyclic) bond motifs is 1. The van der Waals surface area contributed by atoms with Crippen LogP contribution in [0.25, 0.3) is 11.0 Å². The lowest BCUT2D eigenvalue weighted by molar-refractivity contribution is 0.0827. The summed E-state index contributed by atoms with van der Waals surface area (Å²) < 4.78 is 32.0. The minimum atomic E-state index is -0.526. The first-order chi connectivity index (χ1) is 18.4. The third-order valence-electron chi connectivity index (χ3n) is 7.08. The van der Waals surface area contributed by atoms with Crippen molar-refractivity contribution in [3.63, 3.8) is 0 Å². The second kappa shape index (κ2) is 10.8. The van der Waals surface area contributed by atoms with Crippen molar-refractivity contribution in [2.45, 2.75) is 45.1 Å². The van der Waals surface area contributed by atoms with E-state index in [1.54, 1.807) is 26.2 Å². The molecule has 1 aliphatic rings. The van der Waals surface area contributed by atoms with E-state index < -0.39 is 11.6 Å². The Morgan fingerprint density at radius 1 is 1.05 bits per heavy atom. The van der Waals surface area contributed by atoms with E-state index in [1.165, 1.54) is 23.5 Å². The fourth-order valence-electron chi connectivity index (χ4n) is 5.05. The second-order valence-electron chi connectivity index (χ2n) is 9.95. The first-order valence-corrected chi connectivity index (χ1v) is 12.9. The Morgan fingerprint density at radius 2 is 1.79 bits per heavy atom. The Hall–Kier alpha value is -3.95. The molecule has 0 saturated carbocycles. The standard InChI is InChI=1S/C28H31F2N7O/c1-4-5-18-14-31-28(32-15-18)36-10-8-21(9-11-36)37-16-23(30)25-24(33-17-34-26(25)37)13-19-6-7-20(12-22(19)29)27(38)35(2)3/h6-7,12,14-17,21H,4-5,8-11,13H2,1-3H3. The van der Waals surface area contributed by atoms with Gasteiger partial charge in [-0.2, -0.15) is 0 Å². The molecule has 0 atom stereocenters. The van der Waals surface area contributed by atoms with E-state index in [9.17, 15) is 9.18 Å². The smallest absolute Gasteiger partial charge is 0.253 e. The maximum Gasteiger partial charge on any atom is 0.253 e. The third-order valence-corrected chi connectivity index (χ3v) is 7.08. The average Bonchev–Trinajstić information content (AvgIpc) is 3.27. The van der Waals surface area contributed by atoms with Gasteiger partial charge < -0.3 is 14.4 Å². The van der Waals surface area contributed by atoms with E-state index in [-0.39, 0.29) is 23.9 Å². The van der Waals surface area contributed by atoms with E-state index in [2.05, 4.69) is 31.8 Å². The second-order valence-corrected chi connectivity index (χ2v) is 9.95. The van der Waals surface area contributed by atoms with Crippen LogP contribution in [0, 0.1) is 11.6 Å². The molecule has 198 valence electrons. The molecule has 1 amide bonds. The summed E-state index contributed by atoms with van der Waals surface area (Å²) >= 11 is 0. The van der Waals surface area contributed by atoms with E-state index in [0.29, 0.717) is 22.3 Å². The molecule has 8 nitrogen and oxygen atoms in total. The molecule has 1 fully saturated rings. The lowest BCUT2D eigenvalue weighted by atomic mass is 10.0. The summed E-state index contributed by atoms with van der Waals surface area (Å²) in [6.45, 7) is 3.63. The molecule has 1 aromatic carbocycles. The van der Waals surface area contributed by atoms with Gasteiger partial charge in [0.05, 0.1) is 11.1 Å². The van der Waals surface area contributed by atoms with Crippen LogP contribution < -0.4 is 4.90 Å². The van der Waals surface area contributed by atoms with Crippen molar-refractivity contribution < 1.29 is 13.6 Å². The van der Waals surface area contributed by atoms with Crippen LogP contribution in [-0.2, 0) is 12.8 Å². The van der Waals surface area contributed by atoms with Crippen LogP contribution in [0.5, 0.6) is 0 Å². The first kappa shape index (κ1) is 25.7. The number of benzene rings is 1. The van der Waals surface area contributed by atoms with Gasteiger partial charge >= 0.3 is 0 Å². The molecule has 0 N–H and O–H groups in total. The van der Waals surface area contributed by atoms with E-state index in [0.717, 1.165) is 50.3 Å². The largest absolute Gasteiger partial charge is 0.345 e. The highest BCUT2D eigenvalue weighted by Crippen LogP contribution is 2.31. The van der Waals surface area contributed by atoms with Crippen molar-refractivity contribution in [2.75, 3.05) is 32.1 Å². The molecule has 0 bridgehead atoms. The highest BCUT2D eigenvalue weighted by atomic mass is 19.1. The fourth-order valence-corrected chi connectivity index (χ4v) is 5.05. The highest BCUT2D eigenvalue weighted by molar-refractivity contribution is 5.94. The van der Waals surface area contributed by atoms with E-state index in [4.69, 9.17) is 0 Å². The molecule has 0 unspecified atom stereocenters. The zero-order valence-electron chi connectivity index (χ0n) is 21.9. The molecule has 3 aromatic heterocycles. The number of carbonyl (C=O) groups is 1. The van der Waals surface area contributed by atoms with Crippen molar-refractivity contribution in [1.29, 1.82) is 0 Å². The minimum absolute atomic E-state index is 0.0634. The molecular weight excluding hydrogens is 488 g/mol. The first-order valence-electron chi connectivity index (χ1n) is 12.9. The summed E-state index contributed by atoms with van der Waals surface area (Å²) in [7, 11) is 3.23. The van der Waals surface area contributed by atoms with Crippen LogP contribution in [0.3, 0.4) is 0 Å². The molecular formula is C28H31F2N7O. The number of piperidine rings is 1. The van der Waals surface area contributed by atoms with Crippen LogP contribution in [0.4, 0.5) is 14.7 Å². The van der Waals surface area contributed by atoms with Crippen molar-refractivity contribution >= 4 is 22.9 Å². The SMILES string of the molecule is CCCc1cnc(N2CCC(n3cc(F)c4c(Cc5ccc(C(=O)N(C)C)cc5F)ncnc43)CC2)nc1. The summed E-state index contributed by atoms with van der Waals surface area (Å²) in [5.74, 6) is -0.514. The van der Waals surface area contributed by atoms with Gasteiger partial charge in [0, 0.05) is 63.8 Å². The molecule has 0 radical (unpaired) electrons. The number of halogens is 2. The number of aromatic nitrogens is 5. The Labute approximate surface area is 220 Å². The van der Waals surface area contributed by atoms with Gasteiger partial charge in [0.25, 0.3) is 5.91 Å². The Balaban J connectivity index is 1.34. The van der Waals surface area contributed by atoms with Gasteiger partial charge in [0.1, 0.15) is 17.8 Å². The molecule has 1 saturated heterocycles. The summed E-state index contributed by atoms with van der Waals surface area (Å²) in [6.07, 6.45) is 10.4. The topological polar surface area (TPSA) is 80.0 Å². The number of carbonyl (C=O) groups excluding carboxylic acids is 1. The number of hydrogen-bond donors (Lipinski definition) is 0. The number of nitrogens with zero attached hydrogens (tertiary/aromatic N) is 7. The summed E-state index contributed by atoms with van der Waals surface area (Å²) in [5, 5.41) is 0.303. The summed E-state index contributed by atoms with van der Waals surface area (Å²) in [4.78, 5) is 33.4. The van der Waals surface area contributed by atoms with Gasteiger partial charge in [0.2, 0.25) is 5.95 Å². The predicted octanol–water partition coefficient (Wildman–Crippen LogP) is 4.59. The molecule has 4 heterocycles. The van der Waals surface area contributed by atoms with E-state index in [1.807, 2.05) is 17.0 Å². The fraction of sp³-hybridized carbons (Fsp3) is 0.393. The van der Waals surface area contributed by atoms with Gasteiger partial charge in [-0.3, -0.25) is 4.79 Å². The highest BCUT2D eigenvalue weighted by Gasteiger charge is 2.26. The average molecular weight is 520 g/mol. The number of anilines is 1. The van der Waals surface area contributed by atoms with Gasteiger partial charge in [0.15, 0.2) is 5.82 Å². The van der Waals surface area contributed by atoms with Crippen molar-refractivity contribution in [2.24, 2.45) is 0 Å². The Morgan fingerprint density at radius 3 is 2.45 bits per heavy atom. The van der Waals surface area contributed by atoms with Crippen LogP contribution in [-0.4, -0.2) is 62.5 Å². The zero-order chi connectivity index (χ0) is 26.8.